The Labute approximate surface area is 126 Å². The minimum Gasteiger partial charge on any atom is -0.369 e. The van der Waals surface area contributed by atoms with E-state index in [0.29, 0.717) is 6.04 Å². The molecule has 0 saturated heterocycles. The smallest absolute Gasteiger partial charge is 0.0642 e. The highest BCUT2D eigenvalue weighted by atomic mass is 35.5. The standard InChI is InChI=1S/C15H25ClN2S/c1-5-13(10-19-4)18(3)15-12(9-11(2)17)7-6-8-14(15)16/h6-8,11,13H,5,9-10,17H2,1-4H3. The number of rotatable bonds is 7. The van der Waals surface area contributed by atoms with Crippen molar-refractivity contribution in [1.29, 1.82) is 0 Å². The Morgan fingerprint density at radius 3 is 2.63 bits per heavy atom. The van der Waals surface area contributed by atoms with Crippen molar-refractivity contribution in [1.82, 2.24) is 0 Å². The van der Waals surface area contributed by atoms with Gasteiger partial charge in [-0.1, -0.05) is 30.7 Å². The highest BCUT2D eigenvalue weighted by Gasteiger charge is 2.18. The van der Waals surface area contributed by atoms with Crippen molar-refractivity contribution < 1.29 is 0 Å². The highest BCUT2D eigenvalue weighted by Crippen LogP contribution is 2.32. The first kappa shape index (κ1) is 16.7. The molecule has 0 aliphatic heterocycles. The maximum absolute atomic E-state index is 6.42. The number of nitrogens with zero attached hydrogens (tertiary/aromatic N) is 1. The molecule has 2 nitrogen and oxygen atoms in total. The van der Waals surface area contributed by atoms with Gasteiger partial charge in [0.25, 0.3) is 0 Å². The van der Waals surface area contributed by atoms with Crippen molar-refractivity contribution in [2.24, 2.45) is 5.73 Å². The third-order valence-corrected chi connectivity index (χ3v) is 4.37. The number of benzene rings is 1. The largest absolute Gasteiger partial charge is 0.369 e. The van der Waals surface area contributed by atoms with Crippen LogP contribution in [0.4, 0.5) is 5.69 Å². The van der Waals surface area contributed by atoms with Crippen LogP contribution in [0.25, 0.3) is 0 Å². The van der Waals surface area contributed by atoms with Crippen molar-refractivity contribution in [3.63, 3.8) is 0 Å². The van der Waals surface area contributed by atoms with Crippen LogP contribution >= 0.6 is 23.4 Å². The summed E-state index contributed by atoms with van der Waals surface area (Å²) in [4.78, 5) is 2.32. The predicted molar refractivity (Wildman–Crippen MR) is 89.7 cm³/mol. The fraction of sp³-hybridized carbons (Fsp3) is 0.600. The number of halogens is 1. The van der Waals surface area contributed by atoms with E-state index in [2.05, 4.69) is 31.2 Å². The Bertz CT molecular complexity index is 396. The molecule has 0 radical (unpaired) electrons. The summed E-state index contributed by atoms with van der Waals surface area (Å²) in [5.41, 5.74) is 8.33. The zero-order chi connectivity index (χ0) is 14.4. The van der Waals surface area contributed by atoms with Gasteiger partial charge < -0.3 is 10.6 Å². The molecule has 19 heavy (non-hydrogen) atoms. The molecular formula is C15H25ClN2S. The molecule has 0 heterocycles. The zero-order valence-electron chi connectivity index (χ0n) is 12.3. The van der Waals surface area contributed by atoms with Crippen molar-refractivity contribution in [2.45, 2.75) is 38.8 Å². The Kier molecular flexibility index (Phi) is 7.05. The van der Waals surface area contributed by atoms with Crippen molar-refractivity contribution in [3.05, 3.63) is 28.8 Å². The average Bonchev–Trinajstić information content (AvgIpc) is 2.34. The lowest BCUT2D eigenvalue weighted by Gasteiger charge is -2.31. The summed E-state index contributed by atoms with van der Waals surface area (Å²) in [6, 6.07) is 6.75. The summed E-state index contributed by atoms with van der Waals surface area (Å²) in [6.45, 7) is 4.25. The molecule has 2 N–H and O–H groups in total. The van der Waals surface area contributed by atoms with Crippen molar-refractivity contribution in [2.75, 3.05) is 24.0 Å². The number of hydrogen-bond donors (Lipinski definition) is 1. The van der Waals surface area contributed by atoms with E-state index in [1.807, 2.05) is 30.8 Å². The van der Waals surface area contributed by atoms with E-state index >= 15 is 0 Å². The molecule has 0 spiro atoms. The van der Waals surface area contributed by atoms with Gasteiger partial charge in [0.1, 0.15) is 0 Å². The molecule has 0 amide bonds. The van der Waals surface area contributed by atoms with Crippen LogP contribution in [0, 0.1) is 0 Å². The second-order valence-corrected chi connectivity index (χ2v) is 6.38. The van der Waals surface area contributed by atoms with Gasteiger partial charge in [-0.15, -0.1) is 0 Å². The fourth-order valence-corrected chi connectivity index (χ4v) is 3.52. The topological polar surface area (TPSA) is 29.3 Å². The molecule has 1 rings (SSSR count). The van der Waals surface area contributed by atoms with E-state index in [4.69, 9.17) is 17.3 Å². The summed E-state index contributed by atoms with van der Waals surface area (Å²) in [6.07, 6.45) is 4.11. The number of nitrogens with two attached hydrogens (primary N) is 1. The monoisotopic (exact) mass is 300 g/mol. The van der Waals surface area contributed by atoms with E-state index in [1.165, 1.54) is 5.56 Å². The fourth-order valence-electron chi connectivity index (χ4n) is 2.35. The minimum atomic E-state index is 0.145. The first-order valence-electron chi connectivity index (χ1n) is 6.76. The SMILES string of the molecule is CCC(CSC)N(C)c1c(Cl)cccc1CC(C)N. The molecule has 0 aliphatic carbocycles. The lowest BCUT2D eigenvalue weighted by Crippen LogP contribution is -2.34. The second-order valence-electron chi connectivity index (χ2n) is 5.06. The quantitative estimate of drug-likeness (QED) is 0.830. The number of para-hydroxylation sites is 1. The third kappa shape index (κ3) is 4.59. The summed E-state index contributed by atoms with van der Waals surface area (Å²) in [5, 5.41) is 0.820. The van der Waals surface area contributed by atoms with Crippen LogP contribution in [0.2, 0.25) is 5.02 Å². The van der Waals surface area contributed by atoms with E-state index < -0.39 is 0 Å². The maximum atomic E-state index is 6.42. The first-order valence-corrected chi connectivity index (χ1v) is 8.53. The first-order chi connectivity index (χ1) is 9.01. The summed E-state index contributed by atoms with van der Waals surface area (Å²) >= 11 is 8.29. The molecular weight excluding hydrogens is 276 g/mol. The Hall–Kier alpha value is -0.380. The van der Waals surface area contributed by atoms with Gasteiger partial charge in [-0.2, -0.15) is 11.8 Å². The maximum Gasteiger partial charge on any atom is 0.0642 e. The normalized spacial score (nSPS) is 14.2. The van der Waals surface area contributed by atoms with Gasteiger partial charge in [-0.25, -0.2) is 0 Å². The van der Waals surface area contributed by atoms with Crippen LogP contribution in [0.5, 0.6) is 0 Å². The van der Waals surface area contributed by atoms with Gasteiger partial charge in [0, 0.05) is 24.9 Å². The number of anilines is 1. The molecule has 4 heteroatoms. The van der Waals surface area contributed by atoms with Crippen LogP contribution in [0.15, 0.2) is 18.2 Å². The molecule has 0 saturated carbocycles. The Balaban J connectivity index is 3.08. The molecule has 1 aromatic carbocycles. The lowest BCUT2D eigenvalue weighted by molar-refractivity contribution is 0.665. The van der Waals surface area contributed by atoms with Crippen LogP contribution < -0.4 is 10.6 Å². The van der Waals surface area contributed by atoms with E-state index in [-0.39, 0.29) is 6.04 Å². The van der Waals surface area contributed by atoms with Gasteiger partial charge in [-0.05, 0) is 37.7 Å². The van der Waals surface area contributed by atoms with Gasteiger partial charge in [0.15, 0.2) is 0 Å². The third-order valence-electron chi connectivity index (χ3n) is 3.34. The zero-order valence-corrected chi connectivity index (χ0v) is 13.9. The summed E-state index contributed by atoms with van der Waals surface area (Å²) < 4.78 is 0. The van der Waals surface area contributed by atoms with Crippen LogP contribution in [-0.2, 0) is 6.42 Å². The lowest BCUT2D eigenvalue weighted by atomic mass is 10.0. The van der Waals surface area contributed by atoms with E-state index in [0.717, 1.165) is 29.3 Å². The van der Waals surface area contributed by atoms with Crippen molar-refractivity contribution in [3.8, 4) is 0 Å². The number of hydrogen-bond acceptors (Lipinski definition) is 3. The van der Waals surface area contributed by atoms with E-state index in [1.54, 1.807) is 0 Å². The molecule has 0 aromatic heterocycles. The predicted octanol–water partition coefficient (Wildman–Crippen LogP) is 3.81. The summed E-state index contributed by atoms with van der Waals surface area (Å²) in [7, 11) is 2.14. The molecule has 0 bridgehead atoms. The summed E-state index contributed by atoms with van der Waals surface area (Å²) in [5.74, 6) is 1.11. The Morgan fingerprint density at radius 1 is 1.42 bits per heavy atom. The van der Waals surface area contributed by atoms with Gasteiger partial charge in [0.2, 0.25) is 0 Å². The average molecular weight is 301 g/mol. The molecule has 2 unspecified atom stereocenters. The van der Waals surface area contributed by atoms with Crippen molar-refractivity contribution >= 4 is 29.1 Å². The second kappa shape index (κ2) is 8.03. The number of thioether (sulfide) groups is 1. The van der Waals surface area contributed by atoms with Crippen LogP contribution in [-0.4, -0.2) is 31.1 Å². The van der Waals surface area contributed by atoms with Gasteiger partial charge in [-0.3, -0.25) is 0 Å². The highest BCUT2D eigenvalue weighted by molar-refractivity contribution is 7.98. The van der Waals surface area contributed by atoms with Crippen LogP contribution in [0.1, 0.15) is 25.8 Å². The molecule has 108 valence electrons. The van der Waals surface area contributed by atoms with E-state index in [9.17, 15) is 0 Å². The molecule has 1 aromatic rings. The minimum absolute atomic E-state index is 0.145. The van der Waals surface area contributed by atoms with Gasteiger partial charge in [0.05, 0.1) is 10.7 Å². The van der Waals surface area contributed by atoms with Gasteiger partial charge >= 0.3 is 0 Å². The molecule has 2 atom stereocenters. The Morgan fingerprint density at radius 2 is 2.11 bits per heavy atom. The molecule has 0 fully saturated rings. The van der Waals surface area contributed by atoms with Crippen LogP contribution in [0.3, 0.4) is 0 Å². The molecule has 0 aliphatic rings.